The molecule has 0 bridgehead atoms. The summed E-state index contributed by atoms with van der Waals surface area (Å²) in [6.07, 6.45) is 49.2. The van der Waals surface area contributed by atoms with Crippen LogP contribution < -0.4 is 0 Å². The van der Waals surface area contributed by atoms with Gasteiger partial charge in [-0.3, -0.25) is 9.59 Å². The number of hydrogen-bond acceptors (Lipinski definition) is 5. The Bertz CT molecular complexity index is 906. The summed E-state index contributed by atoms with van der Waals surface area (Å²) in [6.45, 7) is 3.84. The molecule has 0 radical (unpaired) electrons. The van der Waals surface area contributed by atoms with Gasteiger partial charge in [0.05, 0.1) is 6.61 Å². The molecule has 1 atom stereocenters. The third kappa shape index (κ3) is 34.0. The van der Waals surface area contributed by atoms with Gasteiger partial charge < -0.3 is 14.6 Å². The number of allylic oxidation sites excluding steroid dienone is 14. The average Bonchev–Trinajstić information content (AvgIpc) is 3.06. The molecule has 0 aliphatic heterocycles. The minimum Gasteiger partial charge on any atom is -0.462 e. The Labute approximate surface area is 282 Å². The Morgan fingerprint density at radius 1 is 0.522 bits per heavy atom. The predicted octanol–water partition coefficient (Wildman–Crippen LogP) is 11.2. The van der Waals surface area contributed by atoms with Crippen molar-refractivity contribution in [1.29, 1.82) is 0 Å². The molecule has 1 N–H and O–H groups in total. The number of aliphatic hydroxyl groups excluding tert-OH is 1. The van der Waals surface area contributed by atoms with Crippen LogP contribution in [-0.4, -0.2) is 36.4 Å². The first kappa shape index (κ1) is 43.1. The van der Waals surface area contributed by atoms with Crippen LogP contribution in [0.5, 0.6) is 0 Å². The van der Waals surface area contributed by atoms with Crippen LogP contribution in [0.15, 0.2) is 85.1 Å². The Balaban J connectivity index is 3.66. The lowest BCUT2D eigenvalue weighted by Gasteiger charge is -2.15. The third-order valence-electron chi connectivity index (χ3n) is 7.25. The largest absolute Gasteiger partial charge is 0.462 e. The highest BCUT2D eigenvalue weighted by Crippen LogP contribution is 2.11. The van der Waals surface area contributed by atoms with Gasteiger partial charge >= 0.3 is 11.9 Å². The fraction of sp³-hybridized carbons (Fsp3) is 0.610. The first-order chi connectivity index (χ1) is 22.6. The van der Waals surface area contributed by atoms with Gasteiger partial charge in [-0.05, 0) is 70.6 Å². The Kier molecular flexibility index (Phi) is 34.2. The summed E-state index contributed by atoms with van der Waals surface area (Å²) in [4.78, 5) is 24.2. The molecule has 0 amide bonds. The molecule has 0 spiro atoms. The first-order valence-electron chi connectivity index (χ1n) is 18.2. The van der Waals surface area contributed by atoms with Gasteiger partial charge in [0.25, 0.3) is 0 Å². The number of esters is 2. The van der Waals surface area contributed by atoms with Crippen LogP contribution >= 0.6 is 0 Å². The molecule has 0 aromatic heterocycles. The molecule has 0 fully saturated rings. The van der Waals surface area contributed by atoms with E-state index in [1.165, 1.54) is 19.3 Å². The molecule has 0 aromatic carbocycles. The number of carbonyl (C=O) groups excluding carboxylic acids is 2. The van der Waals surface area contributed by atoms with E-state index in [1.807, 2.05) is 6.08 Å². The van der Waals surface area contributed by atoms with Crippen molar-refractivity contribution in [3.63, 3.8) is 0 Å². The van der Waals surface area contributed by atoms with E-state index in [-0.39, 0.29) is 25.2 Å². The second-order valence-corrected chi connectivity index (χ2v) is 11.6. The summed E-state index contributed by atoms with van der Waals surface area (Å²) in [6, 6.07) is 0. The zero-order valence-electron chi connectivity index (χ0n) is 29.3. The molecular weight excluding hydrogens is 572 g/mol. The van der Waals surface area contributed by atoms with Crippen LogP contribution in [0.1, 0.15) is 142 Å². The second-order valence-electron chi connectivity index (χ2n) is 11.6. The number of ether oxygens (including phenoxy) is 2. The highest BCUT2D eigenvalue weighted by Gasteiger charge is 2.16. The molecule has 46 heavy (non-hydrogen) atoms. The standard InChI is InChI=1S/C41H66O5/c1-3-5-7-9-11-13-15-17-18-19-20-21-22-24-26-28-30-32-34-36-41(44)46-39(37-42)38-45-40(43)35-33-31-29-27-25-23-16-14-12-10-8-6-4-2/h5-8,10-14,16-18,20-21,39,42H,3-4,9,15,19,22-38H2,1-2H3/b7-5+,8-6+,12-10+,13-11+,16-14+,18-17+,21-20+. The first-order valence-corrected chi connectivity index (χ1v) is 18.2. The lowest BCUT2D eigenvalue weighted by Crippen LogP contribution is -2.28. The van der Waals surface area contributed by atoms with E-state index < -0.39 is 6.10 Å². The lowest BCUT2D eigenvalue weighted by atomic mass is 10.1. The summed E-state index contributed by atoms with van der Waals surface area (Å²) < 4.78 is 10.6. The van der Waals surface area contributed by atoms with Gasteiger partial charge in [-0.2, -0.15) is 0 Å². The average molecular weight is 639 g/mol. The molecule has 0 aliphatic carbocycles. The summed E-state index contributed by atoms with van der Waals surface area (Å²) in [5.74, 6) is -0.642. The highest BCUT2D eigenvalue weighted by atomic mass is 16.6. The van der Waals surface area contributed by atoms with E-state index >= 15 is 0 Å². The lowest BCUT2D eigenvalue weighted by molar-refractivity contribution is -0.161. The Morgan fingerprint density at radius 3 is 1.54 bits per heavy atom. The van der Waals surface area contributed by atoms with Gasteiger partial charge in [-0.1, -0.05) is 144 Å². The number of carbonyl (C=O) groups is 2. The molecule has 0 saturated heterocycles. The van der Waals surface area contributed by atoms with Crippen LogP contribution in [0.2, 0.25) is 0 Å². The molecule has 0 heterocycles. The minimum absolute atomic E-state index is 0.0879. The predicted molar refractivity (Wildman–Crippen MR) is 196 cm³/mol. The van der Waals surface area contributed by atoms with Crippen LogP contribution in [0, 0.1) is 0 Å². The topological polar surface area (TPSA) is 72.8 Å². The molecule has 0 rings (SSSR count). The van der Waals surface area contributed by atoms with Crippen LogP contribution in [0.3, 0.4) is 0 Å². The van der Waals surface area contributed by atoms with Crippen molar-refractivity contribution < 1.29 is 24.2 Å². The van der Waals surface area contributed by atoms with Crippen LogP contribution in [0.4, 0.5) is 0 Å². The number of hydrogen-bond donors (Lipinski definition) is 1. The second kappa shape index (κ2) is 36.5. The third-order valence-corrected chi connectivity index (χ3v) is 7.25. The van der Waals surface area contributed by atoms with E-state index in [2.05, 4.69) is 92.8 Å². The zero-order chi connectivity index (χ0) is 33.6. The van der Waals surface area contributed by atoms with E-state index in [9.17, 15) is 14.7 Å². The Hall–Kier alpha value is -2.92. The van der Waals surface area contributed by atoms with Gasteiger partial charge in [0.1, 0.15) is 6.61 Å². The summed E-state index contributed by atoms with van der Waals surface area (Å²) in [5, 5.41) is 9.53. The van der Waals surface area contributed by atoms with Crippen molar-refractivity contribution in [2.45, 2.75) is 148 Å². The van der Waals surface area contributed by atoms with Gasteiger partial charge in [-0.25, -0.2) is 0 Å². The van der Waals surface area contributed by atoms with Gasteiger partial charge in [-0.15, -0.1) is 0 Å². The van der Waals surface area contributed by atoms with E-state index in [4.69, 9.17) is 9.47 Å². The minimum atomic E-state index is -0.791. The number of aliphatic hydroxyl groups is 1. The van der Waals surface area contributed by atoms with Crippen molar-refractivity contribution in [3.8, 4) is 0 Å². The molecule has 5 heteroatoms. The molecule has 1 unspecified atom stereocenters. The molecule has 0 aromatic rings. The maximum atomic E-state index is 12.1. The molecule has 5 nitrogen and oxygen atoms in total. The maximum absolute atomic E-state index is 12.1. The maximum Gasteiger partial charge on any atom is 0.306 e. The van der Waals surface area contributed by atoms with Crippen molar-refractivity contribution in [2.75, 3.05) is 13.2 Å². The van der Waals surface area contributed by atoms with E-state index in [1.54, 1.807) is 0 Å². The molecule has 0 saturated carbocycles. The Morgan fingerprint density at radius 2 is 0.978 bits per heavy atom. The number of unbranched alkanes of at least 4 members (excludes halogenated alkanes) is 11. The monoisotopic (exact) mass is 638 g/mol. The zero-order valence-corrected chi connectivity index (χ0v) is 29.3. The van der Waals surface area contributed by atoms with Crippen molar-refractivity contribution >= 4 is 11.9 Å². The fourth-order valence-electron chi connectivity index (χ4n) is 4.54. The van der Waals surface area contributed by atoms with Gasteiger partial charge in [0.2, 0.25) is 0 Å². The summed E-state index contributed by atoms with van der Waals surface area (Å²) in [5.41, 5.74) is 0. The van der Waals surface area contributed by atoms with Crippen LogP contribution in [0.25, 0.3) is 0 Å². The summed E-state index contributed by atoms with van der Waals surface area (Å²) >= 11 is 0. The van der Waals surface area contributed by atoms with E-state index in [0.29, 0.717) is 12.8 Å². The van der Waals surface area contributed by atoms with Crippen LogP contribution in [-0.2, 0) is 19.1 Å². The van der Waals surface area contributed by atoms with Gasteiger partial charge in [0, 0.05) is 12.8 Å². The normalized spacial score (nSPS) is 13.2. The van der Waals surface area contributed by atoms with Gasteiger partial charge in [0.15, 0.2) is 6.10 Å². The van der Waals surface area contributed by atoms with Crippen molar-refractivity contribution in [3.05, 3.63) is 85.1 Å². The smallest absolute Gasteiger partial charge is 0.306 e. The molecule has 260 valence electrons. The molecule has 0 aliphatic rings. The fourth-order valence-corrected chi connectivity index (χ4v) is 4.54. The quantitative estimate of drug-likeness (QED) is 0.0354. The van der Waals surface area contributed by atoms with Crippen molar-refractivity contribution in [2.24, 2.45) is 0 Å². The highest BCUT2D eigenvalue weighted by molar-refractivity contribution is 5.70. The number of rotatable bonds is 31. The van der Waals surface area contributed by atoms with E-state index in [0.717, 1.165) is 96.3 Å². The summed E-state index contributed by atoms with van der Waals surface area (Å²) in [7, 11) is 0. The molecular formula is C41H66O5. The SMILES string of the molecule is CC/C=C/C=C/C=C/CCCCCCCC(=O)OCC(CO)OC(=O)CCCCCCCC/C=C/C/C=C/C/C=C/C/C=C/CC. The van der Waals surface area contributed by atoms with Crippen molar-refractivity contribution in [1.82, 2.24) is 0 Å².